The van der Waals surface area contributed by atoms with Crippen molar-refractivity contribution >= 4 is 17.4 Å². The molecule has 7 nitrogen and oxygen atoms in total. The maximum atomic E-state index is 13.0. The van der Waals surface area contributed by atoms with Crippen LogP contribution in [0, 0.1) is 5.92 Å². The number of amides is 1. The SMILES string of the molecule is CC(C)N1CCC[C@@H](C(=O)N2CCN(c3ccc4nccn4n3)CC2)C1. The molecule has 2 saturated heterocycles. The van der Waals surface area contributed by atoms with Crippen LogP contribution in [0.1, 0.15) is 26.7 Å². The molecular formula is C19H28N6O. The Morgan fingerprint density at radius 1 is 1.15 bits per heavy atom. The lowest BCUT2D eigenvalue weighted by atomic mass is 9.95. The first kappa shape index (κ1) is 17.3. The van der Waals surface area contributed by atoms with Gasteiger partial charge in [0.1, 0.15) is 5.82 Å². The van der Waals surface area contributed by atoms with E-state index in [2.05, 4.69) is 38.6 Å². The molecule has 4 heterocycles. The van der Waals surface area contributed by atoms with E-state index in [0.717, 1.165) is 63.6 Å². The molecule has 2 fully saturated rings. The van der Waals surface area contributed by atoms with E-state index < -0.39 is 0 Å². The van der Waals surface area contributed by atoms with E-state index >= 15 is 0 Å². The third kappa shape index (κ3) is 3.40. The molecular weight excluding hydrogens is 328 g/mol. The van der Waals surface area contributed by atoms with Crippen LogP contribution in [-0.2, 0) is 4.79 Å². The highest BCUT2D eigenvalue weighted by molar-refractivity contribution is 5.79. The van der Waals surface area contributed by atoms with E-state index in [1.54, 1.807) is 10.7 Å². The van der Waals surface area contributed by atoms with Gasteiger partial charge < -0.3 is 14.7 Å². The first-order valence-electron chi connectivity index (χ1n) is 9.70. The van der Waals surface area contributed by atoms with Gasteiger partial charge in [0.25, 0.3) is 0 Å². The Bertz CT molecular complexity index is 764. The van der Waals surface area contributed by atoms with Crippen LogP contribution in [0.25, 0.3) is 5.65 Å². The van der Waals surface area contributed by atoms with Gasteiger partial charge in [-0.25, -0.2) is 9.50 Å². The Labute approximate surface area is 154 Å². The molecule has 7 heteroatoms. The van der Waals surface area contributed by atoms with Gasteiger partial charge in [-0.15, -0.1) is 5.10 Å². The fraction of sp³-hybridized carbons (Fsp3) is 0.632. The van der Waals surface area contributed by atoms with Crippen LogP contribution >= 0.6 is 0 Å². The number of fused-ring (bicyclic) bond motifs is 1. The van der Waals surface area contributed by atoms with Crippen molar-refractivity contribution in [1.29, 1.82) is 0 Å². The highest BCUT2D eigenvalue weighted by atomic mass is 16.2. The van der Waals surface area contributed by atoms with Gasteiger partial charge in [0.15, 0.2) is 5.65 Å². The van der Waals surface area contributed by atoms with Gasteiger partial charge in [-0.1, -0.05) is 0 Å². The van der Waals surface area contributed by atoms with E-state index in [4.69, 9.17) is 0 Å². The minimum atomic E-state index is 0.165. The number of carbonyl (C=O) groups excluding carboxylic acids is 1. The zero-order chi connectivity index (χ0) is 18.1. The molecule has 2 aromatic rings. The van der Waals surface area contributed by atoms with Crippen LogP contribution in [0.15, 0.2) is 24.5 Å². The average molecular weight is 356 g/mol. The molecule has 140 valence electrons. The molecule has 2 aromatic heterocycles. The fourth-order valence-corrected chi connectivity index (χ4v) is 4.06. The maximum Gasteiger partial charge on any atom is 0.227 e. The number of rotatable bonds is 3. The second-order valence-corrected chi connectivity index (χ2v) is 7.66. The highest BCUT2D eigenvalue weighted by Gasteiger charge is 2.31. The Kier molecular flexibility index (Phi) is 4.80. The molecule has 1 atom stereocenters. The molecule has 0 unspecified atom stereocenters. The van der Waals surface area contributed by atoms with Gasteiger partial charge in [-0.2, -0.15) is 0 Å². The summed E-state index contributed by atoms with van der Waals surface area (Å²) in [5.41, 5.74) is 0.856. The summed E-state index contributed by atoms with van der Waals surface area (Å²) in [4.78, 5) is 23.9. The van der Waals surface area contributed by atoms with Crippen LogP contribution in [0.4, 0.5) is 5.82 Å². The van der Waals surface area contributed by atoms with E-state index in [1.165, 1.54) is 0 Å². The molecule has 2 aliphatic rings. The Hall–Kier alpha value is -2.15. The summed E-state index contributed by atoms with van der Waals surface area (Å²) >= 11 is 0. The summed E-state index contributed by atoms with van der Waals surface area (Å²) in [7, 11) is 0. The average Bonchev–Trinajstić information content (AvgIpc) is 3.15. The van der Waals surface area contributed by atoms with Crippen molar-refractivity contribution < 1.29 is 4.79 Å². The van der Waals surface area contributed by atoms with Gasteiger partial charge in [0, 0.05) is 51.2 Å². The van der Waals surface area contributed by atoms with Crippen molar-refractivity contribution in [2.75, 3.05) is 44.2 Å². The van der Waals surface area contributed by atoms with Crippen molar-refractivity contribution in [2.24, 2.45) is 5.92 Å². The first-order chi connectivity index (χ1) is 12.6. The van der Waals surface area contributed by atoms with Gasteiger partial charge in [0.2, 0.25) is 5.91 Å². The second-order valence-electron chi connectivity index (χ2n) is 7.66. The zero-order valence-corrected chi connectivity index (χ0v) is 15.7. The molecule has 2 aliphatic heterocycles. The second kappa shape index (κ2) is 7.23. The number of nitrogens with zero attached hydrogens (tertiary/aromatic N) is 6. The van der Waals surface area contributed by atoms with Crippen LogP contribution in [0.5, 0.6) is 0 Å². The van der Waals surface area contributed by atoms with Crippen LogP contribution in [-0.4, -0.2) is 75.6 Å². The molecule has 0 N–H and O–H groups in total. The molecule has 26 heavy (non-hydrogen) atoms. The number of piperazine rings is 1. The molecule has 0 aliphatic carbocycles. The number of hydrogen-bond donors (Lipinski definition) is 0. The van der Waals surface area contributed by atoms with Crippen LogP contribution < -0.4 is 4.90 Å². The number of hydrogen-bond acceptors (Lipinski definition) is 5. The van der Waals surface area contributed by atoms with Crippen molar-refractivity contribution in [3.05, 3.63) is 24.5 Å². The van der Waals surface area contributed by atoms with Crippen LogP contribution in [0.3, 0.4) is 0 Å². The van der Waals surface area contributed by atoms with Crippen molar-refractivity contribution in [3.8, 4) is 0 Å². The standard InChI is InChI=1S/C19H28N6O/c1-15(2)24-8-3-4-16(14-24)19(26)23-12-10-22(11-13-23)18-6-5-17-20-7-9-25(17)21-18/h5-7,9,15-16H,3-4,8,10-14H2,1-2H3/t16-/m1/s1. The number of aromatic nitrogens is 3. The quantitative estimate of drug-likeness (QED) is 0.834. The molecule has 0 bridgehead atoms. The zero-order valence-electron chi connectivity index (χ0n) is 15.7. The summed E-state index contributed by atoms with van der Waals surface area (Å²) in [5.74, 6) is 1.46. The summed E-state index contributed by atoms with van der Waals surface area (Å²) in [5, 5.41) is 4.62. The van der Waals surface area contributed by atoms with Gasteiger partial charge >= 0.3 is 0 Å². The first-order valence-corrected chi connectivity index (χ1v) is 9.70. The third-order valence-corrected chi connectivity index (χ3v) is 5.69. The lowest BCUT2D eigenvalue weighted by molar-refractivity contribution is -0.137. The number of carbonyl (C=O) groups is 1. The fourth-order valence-electron chi connectivity index (χ4n) is 4.06. The van der Waals surface area contributed by atoms with Crippen LogP contribution in [0.2, 0.25) is 0 Å². The maximum absolute atomic E-state index is 13.0. The largest absolute Gasteiger partial charge is 0.352 e. The molecule has 0 aromatic carbocycles. The van der Waals surface area contributed by atoms with Gasteiger partial charge in [-0.05, 0) is 45.4 Å². The van der Waals surface area contributed by atoms with Crippen molar-refractivity contribution in [1.82, 2.24) is 24.4 Å². The van der Waals surface area contributed by atoms with E-state index in [1.807, 2.05) is 18.3 Å². The molecule has 0 saturated carbocycles. The normalized spacial score (nSPS) is 22.3. The topological polar surface area (TPSA) is 57.0 Å². The molecule has 0 radical (unpaired) electrons. The molecule has 1 amide bonds. The Morgan fingerprint density at radius 3 is 2.73 bits per heavy atom. The van der Waals surface area contributed by atoms with E-state index in [9.17, 15) is 4.79 Å². The van der Waals surface area contributed by atoms with Gasteiger partial charge in [-0.3, -0.25) is 4.79 Å². The lowest BCUT2D eigenvalue weighted by Crippen LogP contribution is -2.53. The highest BCUT2D eigenvalue weighted by Crippen LogP contribution is 2.22. The predicted octanol–water partition coefficient (Wildman–Crippen LogP) is 1.50. The predicted molar refractivity (Wildman–Crippen MR) is 101 cm³/mol. The summed E-state index contributed by atoms with van der Waals surface area (Å²) < 4.78 is 1.80. The Morgan fingerprint density at radius 2 is 1.96 bits per heavy atom. The minimum absolute atomic E-state index is 0.165. The Balaban J connectivity index is 1.36. The molecule has 4 rings (SSSR count). The number of anilines is 1. The smallest absolute Gasteiger partial charge is 0.227 e. The third-order valence-electron chi connectivity index (χ3n) is 5.69. The number of likely N-dealkylation sites (tertiary alicyclic amines) is 1. The number of imidazole rings is 1. The summed E-state index contributed by atoms with van der Waals surface area (Å²) in [6, 6.07) is 4.52. The minimum Gasteiger partial charge on any atom is -0.352 e. The van der Waals surface area contributed by atoms with E-state index in [0.29, 0.717) is 11.9 Å². The molecule has 0 spiro atoms. The monoisotopic (exact) mass is 356 g/mol. The van der Waals surface area contributed by atoms with E-state index in [-0.39, 0.29) is 5.92 Å². The lowest BCUT2D eigenvalue weighted by Gasteiger charge is -2.40. The van der Waals surface area contributed by atoms with Crippen molar-refractivity contribution in [3.63, 3.8) is 0 Å². The van der Waals surface area contributed by atoms with Crippen molar-refractivity contribution in [2.45, 2.75) is 32.7 Å². The van der Waals surface area contributed by atoms with Gasteiger partial charge in [0.05, 0.1) is 5.92 Å². The summed E-state index contributed by atoms with van der Waals surface area (Å²) in [6.07, 6.45) is 5.78. The number of piperidine rings is 1. The summed E-state index contributed by atoms with van der Waals surface area (Å²) in [6.45, 7) is 9.69.